The highest BCUT2D eigenvalue weighted by Gasteiger charge is 2.16. The van der Waals surface area contributed by atoms with Crippen molar-refractivity contribution in [3.05, 3.63) is 90.0 Å². The van der Waals surface area contributed by atoms with Gasteiger partial charge < -0.3 is 4.74 Å². The lowest BCUT2D eigenvalue weighted by molar-refractivity contribution is 0.414. The van der Waals surface area contributed by atoms with Gasteiger partial charge in [-0.25, -0.2) is 0 Å². The van der Waals surface area contributed by atoms with Crippen LogP contribution in [0.3, 0.4) is 0 Å². The molecule has 0 radical (unpaired) electrons. The average molecular weight is 398 g/mol. The van der Waals surface area contributed by atoms with E-state index in [9.17, 15) is 0 Å². The Balaban J connectivity index is 1.69. The molecule has 4 aromatic rings. The molecule has 0 aliphatic rings. The van der Waals surface area contributed by atoms with Crippen molar-refractivity contribution in [2.75, 3.05) is 7.11 Å². The third-order valence-corrected chi connectivity index (χ3v) is 5.45. The summed E-state index contributed by atoms with van der Waals surface area (Å²) in [5.74, 6) is 2.32. The molecule has 0 amide bonds. The lowest BCUT2D eigenvalue weighted by Crippen LogP contribution is -2.00. The summed E-state index contributed by atoms with van der Waals surface area (Å²) in [6.07, 6.45) is 0. The Kier molecular flexibility index (Phi) is 5.59. The normalized spacial score (nSPS) is 10.5. The van der Waals surface area contributed by atoms with Gasteiger partial charge in [-0.1, -0.05) is 54.2 Å². The third-order valence-electron chi connectivity index (χ3n) is 4.45. The van der Waals surface area contributed by atoms with E-state index in [1.165, 1.54) is 0 Å². The number of nitrogens with zero attached hydrogens (tertiary/aromatic N) is 4. The predicted octanol–water partition coefficient (Wildman–Crippen LogP) is 5.11. The third kappa shape index (κ3) is 4.15. The minimum atomic E-state index is 0.659. The van der Waals surface area contributed by atoms with Crippen LogP contribution in [0.25, 0.3) is 17.1 Å². The molecule has 0 aliphatic heterocycles. The first-order chi connectivity index (χ1) is 14.3. The Labute approximate surface area is 173 Å². The summed E-state index contributed by atoms with van der Waals surface area (Å²) < 4.78 is 7.35. The Bertz CT molecular complexity index is 1130. The summed E-state index contributed by atoms with van der Waals surface area (Å²) in [6, 6.07) is 27.6. The molecule has 0 fully saturated rings. The van der Waals surface area contributed by atoms with Crippen LogP contribution in [0.2, 0.25) is 0 Å². The molecule has 3 aromatic carbocycles. The summed E-state index contributed by atoms with van der Waals surface area (Å²) in [5, 5.41) is 18.7. The monoisotopic (exact) mass is 398 g/mol. The maximum atomic E-state index is 8.96. The molecule has 1 aromatic heterocycles. The molecule has 0 saturated heterocycles. The van der Waals surface area contributed by atoms with Gasteiger partial charge in [-0.15, -0.1) is 10.2 Å². The molecule has 0 atom stereocenters. The summed E-state index contributed by atoms with van der Waals surface area (Å²) in [4.78, 5) is 0. The number of benzene rings is 3. The second-order valence-corrected chi connectivity index (χ2v) is 7.25. The molecule has 6 heteroatoms. The Morgan fingerprint density at radius 1 is 0.931 bits per heavy atom. The Morgan fingerprint density at radius 3 is 2.31 bits per heavy atom. The molecular formula is C23H18N4OS. The standard InChI is InChI=1S/C23H18N4OS/c1-28-21-13-11-20(12-14-21)27-22(19-5-3-2-4-6-19)25-26-23(27)29-16-18-9-7-17(15-24)8-10-18/h2-14H,16H2,1H3. The van der Waals surface area contributed by atoms with Gasteiger partial charge in [0.05, 0.1) is 18.7 Å². The second-order valence-electron chi connectivity index (χ2n) is 6.30. The van der Waals surface area contributed by atoms with Crippen LogP contribution in [0, 0.1) is 11.3 Å². The topological polar surface area (TPSA) is 63.7 Å². The SMILES string of the molecule is COc1ccc(-n2c(SCc3ccc(C#N)cc3)nnc2-c2ccccc2)cc1. The molecule has 0 N–H and O–H groups in total. The minimum absolute atomic E-state index is 0.659. The Morgan fingerprint density at radius 2 is 1.66 bits per heavy atom. The van der Waals surface area contributed by atoms with Gasteiger partial charge in [-0.3, -0.25) is 4.57 Å². The zero-order chi connectivity index (χ0) is 20.1. The summed E-state index contributed by atoms with van der Waals surface area (Å²) in [6.45, 7) is 0. The van der Waals surface area contributed by atoms with Gasteiger partial charge in [0.1, 0.15) is 5.75 Å². The van der Waals surface area contributed by atoms with Gasteiger partial charge in [-0.05, 0) is 42.0 Å². The number of aromatic nitrogens is 3. The summed E-state index contributed by atoms with van der Waals surface area (Å²) >= 11 is 1.61. The maximum absolute atomic E-state index is 8.96. The van der Waals surface area contributed by atoms with E-state index in [4.69, 9.17) is 10.00 Å². The number of hydrogen-bond donors (Lipinski definition) is 0. The fourth-order valence-corrected chi connectivity index (χ4v) is 3.83. The zero-order valence-corrected chi connectivity index (χ0v) is 16.6. The summed E-state index contributed by atoms with van der Waals surface area (Å²) in [7, 11) is 1.65. The molecular weight excluding hydrogens is 380 g/mol. The van der Waals surface area contributed by atoms with Crippen molar-refractivity contribution in [1.29, 1.82) is 5.26 Å². The van der Waals surface area contributed by atoms with Crippen LogP contribution in [0.5, 0.6) is 5.75 Å². The van der Waals surface area contributed by atoms with E-state index in [1.54, 1.807) is 18.9 Å². The molecule has 0 aliphatic carbocycles. The van der Waals surface area contributed by atoms with Crippen molar-refractivity contribution in [1.82, 2.24) is 14.8 Å². The van der Waals surface area contributed by atoms with Crippen LogP contribution in [0.15, 0.2) is 84.0 Å². The predicted molar refractivity (Wildman–Crippen MR) is 114 cm³/mol. The number of ether oxygens (including phenoxy) is 1. The molecule has 29 heavy (non-hydrogen) atoms. The lowest BCUT2D eigenvalue weighted by atomic mass is 10.2. The van der Waals surface area contributed by atoms with Gasteiger partial charge in [0.25, 0.3) is 0 Å². The highest BCUT2D eigenvalue weighted by molar-refractivity contribution is 7.98. The number of nitriles is 1. The first-order valence-corrected chi connectivity index (χ1v) is 10.0. The van der Waals surface area contributed by atoms with Gasteiger partial charge in [0, 0.05) is 17.0 Å². The minimum Gasteiger partial charge on any atom is -0.497 e. The van der Waals surface area contributed by atoms with E-state index in [0.717, 1.165) is 39.3 Å². The van der Waals surface area contributed by atoms with Gasteiger partial charge >= 0.3 is 0 Å². The molecule has 4 rings (SSSR count). The van der Waals surface area contributed by atoms with E-state index in [0.29, 0.717) is 5.56 Å². The molecule has 0 saturated carbocycles. The van der Waals surface area contributed by atoms with Crippen molar-refractivity contribution in [3.63, 3.8) is 0 Å². The lowest BCUT2D eigenvalue weighted by Gasteiger charge is -2.11. The highest BCUT2D eigenvalue weighted by Crippen LogP contribution is 2.30. The molecule has 0 unspecified atom stereocenters. The van der Waals surface area contributed by atoms with E-state index in [1.807, 2.05) is 78.9 Å². The highest BCUT2D eigenvalue weighted by atomic mass is 32.2. The van der Waals surface area contributed by atoms with Crippen LogP contribution >= 0.6 is 11.8 Å². The van der Waals surface area contributed by atoms with Crippen molar-refractivity contribution < 1.29 is 4.74 Å². The van der Waals surface area contributed by atoms with Crippen molar-refractivity contribution in [3.8, 4) is 28.9 Å². The van der Waals surface area contributed by atoms with E-state index in [2.05, 4.69) is 20.8 Å². The van der Waals surface area contributed by atoms with E-state index < -0.39 is 0 Å². The van der Waals surface area contributed by atoms with Crippen LogP contribution < -0.4 is 4.74 Å². The van der Waals surface area contributed by atoms with Crippen LogP contribution in [-0.4, -0.2) is 21.9 Å². The van der Waals surface area contributed by atoms with Gasteiger partial charge in [0.15, 0.2) is 11.0 Å². The smallest absolute Gasteiger partial charge is 0.196 e. The van der Waals surface area contributed by atoms with E-state index in [-0.39, 0.29) is 0 Å². The summed E-state index contributed by atoms with van der Waals surface area (Å²) in [5.41, 5.74) is 3.75. The average Bonchev–Trinajstić information content (AvgIpc) is 3.22. The first kappa shape index (κ1) is 18.8. The van der Waals surface area contributed by atoms with Gasteiger partial charge in [-0.2, -0.15) is 5.26 Å². The van der Waals surface area contributed by atoms with Crippen molar-refractivity contribution in [2.45, 2.75) is 10.9 Å². The molecule has 1 heterocycles. The fraction of sp³-hybridized carbons (Fsp3) is 0.0870. The fourth-order valence-electron chi connectivity index (χ4n) is 2.93. The number of rotatable bonds is 6. The quantitative estimate of drug-likeness (QED) is 0.423. The molecule has 0 spiro atoms. The maximum Gasteiger partial charge on any atom is 0.196 e. The number of hydrogen-bond acceptors (Lipinski definition) is 5. The van der Waals surface area contributed by atoms with Crippen molar-refractivity contribution in [2.24, 2.45) is 0 Å². The van der Waals surface area contributed by atoms with Crippen LogP contribution in [0.1, 0.15) is 11.1 Å². The largest absolute Gasteiger partial charge is 0.497 e. The second kappa shape index (κ2) is 8.63. The number of methoxy groups -OCH3 is 1. The molecule has 5 nitrogen and oxygen atoms in total. The zero-order valence-electron chi connectivity index (χ0n) is 15.8. The van der Waals surface area contributed by atoms with Crippen LogP contribution in [-0.2, 0) is 5.75 Å². The van der Waals surface area contributed by atoms with Gasteiger partial charge in [0.2, 0.25) is 0 Å². The number of thioether (sulfide) groups is 1. The first-order valence-electron chi connectivity index (χ1n) is 9.05. The van der Waals surface area contributed by atoms with Crippen molar-refractivity contribution >= 4 is 11.8 Å². The van der Waals surface area contributed by atoms with E-state index >= 15 is 0 Å². The Hall–Kier alpha value is -3.56. The molecule has 142 valence electrons. The van der Waals surface area contributed by atoms with Crippen LogP contribution in [0.4, 0.5) is 0 Å². The molecule has 0 bridgehead atoms.